The molecule has 236 valence electrons. The van der Waals surface area contributed by atoms with Crippen LogP contribution in [0.15, 0.2) is 77.7 Å². The van der Waals surface area contributed by atoms with Crippen LogP contribution in [0, 0.1) is 17.0 Å². The van der Waals surface area contributed by atoms with E-state index in [4.69, 9.17) is 4.74 Å². The van der Waals surface area contributed by atoms with Gasteiger partial charge in [-0.05, 0) is 62.1 Å². The molecule has 12 heteroatoms. The summed E-state index contributed by atoms with van der Waals surface area (Å²) < 4.78 is 34.3. The lowest BCUT2D eigenvalue weighted by molar-refractivity contribution is -0.385. The van der Waals surface area contributed by atoms with Gasteiger partial charge in [-0.1, -0.05) is 56.7 Å². The number of anilines is 1. The number of carbonyl (C=O) groups is 2. The molecule has 3 aromatic rings. The molecule has 0 heterocycles. The van der Waals surface area contributed by atoms with Crippen molar-refractivity contribution in [1.82, 2.24) is 10.2 Å². The number of ether oxygens (including phenoxy) is 1. The largest absolute Gasteiger partial charge is 0.497 e. The van der Waals surface area contributed by atoms with Crippen molar-refractivity contribution in [2.75, 3.05) is 31.0 Å². The van der Waals surface area contributed by atoms with Gasteiger partial charge in [-0.25, -0.2) is 8.42 Å². The predicted octanol–water partition coefficient (Wildman–Crippen LogP) is 4.87. The Bertz CT molecular complexity index is 1530. The molecule has 0 fully saturated rings. The number of carbonyl (C=O) groups excluding carboxylic acids is 2. The monoisotopic (exact) mass is 624 g/mol. The molecule has 11 nitrogen and oxygen atoms in total. The van der Waals surface area contributed by atoms with E-state index in [1.165, 1.54) is 43.2 Å². The average molecular weight is 625 g/mol. The maximum absolute atomic E-state index is 14.1. The zero-order valence-electron chi connectivity index (χ0n) is 25.6. The highest BCUT2D eigenvalue weighted by Crippen LogP contribution is 2.29. The number of nitro groups is 1. The molecule has 0 aliphatic rings. The Morgan fingerprint density at radius 2 is 1.70 bits per heavy atom. The molecule has 3 rings (SSSR count). The second-order valence-corrected chi connectivity index (χ2v) is 12.2. The van der Waals surface area contributed by atoms with Crippen LogP contribution in [-0.2, 0) is 26.0 Å². The van der Waals surface area contributed by atoms with Crippen LogP contribution in [0.5, 0.6) is 5.75 Å². The number of nitro benzene ring substituents is 1. The number of nitrogens with one attached hydrogen (secondary N) is 1. The number of unbranched alkanes of at least 4 members (excludes halogenated alkanes) is 1. The van der Waals surface area contributed by atoms with Crippen LogP contribution in [-0.4, -0.2) is 62.8 Å². The zero-order valence-corrected chi connectivity index (χ0v) is 26.4. The van der Waals surface area contributed by atoms with E-state index in [9.17, 15) is 28.1 Å². The normalized spacial score (nSPS) is 11.8. The highest BCUT2D eigenvalue weighted by molar-refractivity contribution is 7.92. The maximum Gasteiger partial charge on any atom is 0.273 e. The van der Waals surface area contributed by atoms with Gasteiger partial charge in [-0.3, -0.25) is 24.0 Å². The Labute approximate surface area is 259 Å². The smallest absolute Gasteiger partial charge is 0.273 e. The van der Waals surface area contributed by atoms with E-state index in [-0.39, 0.29) is 28.7 Å². The molecule has 1 atom stereocenters. The topological polar surface area (TPSA) is 139 Å². The second kappa shape index (κ2) is 15.9. The first-order chi connectivity index (χ1) is 21.0. The number of amides is 2. The number of sulfonamides is 1. The lowest BCUT2D eigenvalue weighted by atomic mass is 10.1. The maximum atomic E-state index is 14.1. The van der Waals surface area contributed by atoms with Gasteiger partial charge in [0.15, 0.2) is 0 Å². The van der Waals surface area contributed by atoms with Gasteiger partial charge in [0, 0.05) is 24.7 Å². The number of methoxy groups -OCH3 is 1. The summed E-state index contributed by atoms with van der Waals surface area (Å²) in [4.78, 5) is 39.5. The Morgan fingerprint density at radius 1 is 1.02 bits per heavy atom. The molecule has 44 heavy (non-hydrogen) atoms. The summed E-state index contributed by atoms with van der Waals surface area (Å²) in [5.74, 6) is -0.419. The van der Waals surface area contributed by atoms with Crippen molar-refractivity contribution >= 4 is 33.2 Å². The fourth-order valence-electron chi connectivity index (χ4n) is 4.75. The van der Waals surface area contributed by atoms with Crippen molar-refractivity contribution < 1.29 is 27.7 Å². The van der Waals surface area contributed by atoms with Gasteiger partial charge < -0.3 is 15.0 Å². The standard InChI is InChI=1S/C32H40N4O7S/c1-5-7-20-33-32(38)29(6-2)34(21-19-25-11-9-8-10-12-25)31(37)23-35(26-14-16-27(43-4)17-15-26)44(41,42)28-18-13-24(3)30(22-28)36(39)40/h8-18,22,29H,5-7,19-21,23H2,1-4H3,(H,33,38)/t29-/m1/s1. The molecule has 0 saturated heterocycles. The van der Waals surface area contributed by atoms with Crippen molar-refractivity contribution in [3.63, 3.8) is 0 Å². The number of benzene rings is 3. The third-order valence-corrected chi connectivity index (χ3v) is 9.07. The van der Waals surface area contributed by atoms with Crippen molar-refractivity contribution in [2.24, 2.45) is 0 Å². The van der Waals surface area contributed by atoms with E-state index in [1.807, 2.05) is 37.3 Å². The van der Waals surface area contributed by atoms with E-state index < -0.39 is 33.4 Å². The summed E-state index contributed by atoms with van der Waals surface area (Å²) in [7, 11) is -3.00. The first kappa shape index (κ1) is 34.0. The van der Waals surface area contributed by atoms with Gasteiger partial charge in [0.1, 0.15) is 18.3 Å². The zero-order chi connectivity index (χ0) is 32.3. The molecule has 0 aliphatic carbocycles. The van der Waals surface area contributed by atoms with Gasteiger partial charge in [-0.15, -0.1) is 0 Å². The minimum atomic E-state index is -4.47. The van der Waals surface area contributed by atoms with Crippen LogP contribution >= 0.6 is 0 Å². The third-order valence-electron chi connectivity index (χ3n) is 7.30. The Balaban J connectivity index is 2.05. The number of rotatable bonds is 16. The molecule has 1 N–H and O–H groups in total. The number of hydrogen-bond acceptors (Lipinski definition) is 7. The molecule has 3 aromatic carbocycles. The molecule has 0 bridgehead atoms. The molecular formula is C32H40N4O7S. The number of nitrogens with zero attached hydrogens (tertiary/aromatic N) is 3. The Kier molecular flexibility index (Phi) is 12.3. The van der Waals surface area contributed by atoms with E-state index in [1.54, 1.807) is 19.1 Å². The predicted molar refractivity (Wildman–Crippen MR) is 169 cm³/mol. The fourth-order valence-corrected chi connectivity index (χ4v) is 6.19. The first-order valence-corrected chi connectivity index (χ1v) is 16.0. The third kappa shape index (κ3) is 8.56. The van der Waals surface area contributed by atoms with E-state index in [2.05, 4.69) is 5.32 Å². The Hall–Kier alpha value is -4.45. The van der Waals surface area contributed by atoms with E-state index in [0.29, 0.717) is 30.7 Å². The number of hydrogen-bond donors (Lipinski definition) is 1. The molecule has 2 amide bonds. The SMILES string of the molecule is CCCCNC(=O)[C@@H](CC)N(CCc1ccccc1)C(=O)CN(c1ccc(OC)cc1)S(=O)(=O)c1ccc(C)c([N+](=O)[O-])c1. The molecule has 0 spiro atoms. The second-order valence-electron chi connectivity index (χ2n) is 10.3. The Morgan fingerprint density at radius 3 is 2.30 bits per heavy atom. The van der Waals surface area contributed by atoms with Crippen LogP contribution in [0.2, 0.25) is 0 Å². The highest BCUT2D eigenvalue weighted by Gasteiger charge is 2.34. The summed E-state index contributed by atoms with van der Waals surface area (Å²) in [6.45, 7) is 5.33. The van der Waals surface area contributed by atoms with Gasteiger partial charge in [-0.2, -0.15) is 0 Å². The van der Waals surface area contributed by atoms with Crippen molar-refractivity contribution in [3.8, 4) is 5.75 Å². The highest BCUT2D eigenvalue weighted by atomic mass is 32.2. The lowest BCUT2D eigenvalue weighted by Crippen LogP contribution is -2.53. The van der Waals surface area contributed by atoms with Crippen LogP contribution < -0.4 is 14.4 Å². The van der Waals surface area contributed by atoms with Gasteiger partial charge in [0.25, 0.3) is 15.7 Å². The minimum Gasteiger partial charge on any atom is -0.497 e. The average Bonchev–Trinajstić information content (AvgIpc) is 3.02. The summed E-state index contributed by atoms with van der Waals surface area (Å²) in [6, 6.07) is 18.4. The molecule has 0 aromatic heterocycles. The lowest BCUT2D eigenvalue weighted by Gasteiger charge is -2.33. The molecule has 0 unspecified atom stereocenters. The van der Waals surface area contributed by atoms with Crippen LogP contribution in [0.1, 0.15) is 44.2 Å². The van der Waals surface area contributed by atoms with Gasteiger partial charge in [0.05, 0.1) is 22.6 Å². The van der Waals surface area contributed by atoms with Crippen molar-refractivity contribution in [3.05, 3.63) is 94.0 Å². The van der Waals surface area contributed by atoms with E-state index in [0.717, 1.165) is 28.8 Å². The van der Waals surface area contributed by atoms with Crippen LogP contribution in [0.4, 0.5) is 11.4 Å². The first-order valence-electron chi connectivity index (χ1n) is 14.6. The molecule has 0 radical (unpaired) electrons. The van der Waals surface area contributed by atoms with Crippen molar-refractivity contribution in [2.45, 2.75) is 57.4 Å². The number of aryl methyl sites for hydroxylation is 1. The summed E-state index contributed by atoms with van der Waals surface area (Å²) in [5, 5.41) is 14.5. The molecule has 0 saturated carbocycles. The summed E-state index contributed by atoms with van der Waals surface area (Å²) >= 11 is 0. The van der Waals surface area contributed by atoms with E-state index >= 15 is 0 Å². The summed E-state index contributed by atoms with van der Waals surface area (Å²) in [6.07, 6.45) is 2.44. The van der Waals surface area contributed by atoms with Crippen molar-refractivity contribution in [1.29, 1.82) is 0 Å². The van der Waals surface area contributed by atoms with Crippen LogP contribution in [0.3, 0.4) is 0 Å². The minimum absolute atomic E-state index is 0.158. The quantitative estimate of drug-likeness (QED) is 0.136. The molecule has 0 aliphatic heterocycles. The fraction of sp³-hybridized carbons (Fsp3) is 0.375. The van der Waals surface area contributed by atoms with Gasteiger partial charge >= 0.3 is 0 Å². The summed E-state index contributed by atoms with van der Waals surface area (Å²) in [5.41, 5.74) is 1.06. The van der Waals surface area contributed by atoms with Gasteiger partial charge in [0.2, 0.25) is 11.8 Å². The van der Waals surface area contributed by atoms with Crippen LogP contribution in [0.25, 0.3) is 0 Å². The molecular weight excluding hydrogens is 584 g/mol.